The molecule has 0 radical (unpaired) electrons. The summed E-state index contributed by atoms with van der Waals surface area (Å²) < 4.78 is 27.9. The van der Waals surface area contributed by atoms with Crippen LogP contribution < -0.4 is 5.32 Å². The van der Waals surface area contributed by atoms with Gasteiger partial charge in [0, 0.05) is 12.6 Å². The molecule has 0 atom stereocenters. The first-order valence-electron chi connectivity index (χ1n) is 7.33. The molecule has 0 aliphatic carbocycles. The second kappa shape index (κ2) is 6.76. The first-order valence-corrected chi connectivity index (χ1v) is 7.33. The Bertz CT molecular complexity index is 872. The minimum Gasteiger partial charge on any atom is -0.388 e. The van der Waals surface area contributed by atoms with Gasteiger partial charge in [-0.25, -0.2) is 13.8 Å². The van der Waals surface area contributed by atoms with E-state index < -0.39 is 11.6 Å². The smallest absolute Gasteiger partial charge is 0.240 e. The van der Waals surface area contributed by atoms with E-state index in [4.69, 9.17) is 0 Å². The van der Waals surface area contributed by atoms with Gasteiger partial charge >= 0.3 is 0 Å². The molecule has 2 aromatic carbocycles. The molecule has 0 saturated carbocycles. The maximum atomic E-state index is 13.1. The van der Waals surface area contributed by atoms with Gasteiger partial charge in [0.15, 0.2) is 0 Å². The Morgan fingerprint density at radius 3 is 2.58 bits per heavy atom. The van der Waals surface area contributed by atoms with Crippen LogP contribution >= 0.6 is 0 Å². The molecule has 1 heterocycles. The molecule has 7 heteroatoms. The lowest BCUT2D eigenvalue weighted by molar-refractivity contribution is -0.121. The van der Waals surface area contributed by atoms with Gasteiger partial charge < -0.3 is 15.0 Å². The normalized spacial score (nSPS) is 11.0. The number of para-hydroxylation sites is 2. The number of aliphatic hydroxyl groups is 1. The highest BCUT2D eigenvalue weighted by Crippen LogP contribution is 2.16. The Morgan fingerprint density at radius 2 is 1.88 bits per heavy atom. The summed E-state index contributed by atoms with van der Waals surface area (Å²) in [6.07, 6.45) is 0. The highest BCUT2D eigenvalue weighted by molar-refractivity contribution is 5.81. The van der Waals surface area contributed by atoms with Crippen LogP contribution in [0.1, 0.15) is 11.4 Å². The fraction of sp³-hybridized carbons (Fsp3) is 0.176. The zero-order chi connectivity index (χ0) is 17.1. The predicted octanol–water partition coefficient (Wildman–Crippen LogP) is 2.12. The molecule has 24 heavy (non-hydrogen) atoms. The molecular weight excluding hydrogens is 316 g/mol. The molecule has 3 aromatic rings. The van der Waals surface area contributed by atoms with Crippen molar-refractivity contribution in [1.82, 2.24) is 14.9 Å². The molecule has 3 rings (SSSR count). The first kappa shape index (κ1) is 16.1. The van der Waals surface area contributed by atoms with Gasteiger partial charge in [-0.05, 0) is 29.8 Å². The molecule has 124 valence electrons. The highest BCUT2D eigenvalue weighted by atomic mass is 19.1. The number of rotatable bonds is 5. The number of amides is 1. The molecule has 5 nitrogen and oxygen atoms in total. The standard InChI is InChI=1S/C17H15F2N3O2/c18-12-5-11(6-13(19)7-12)8-20-17(24)9-22-15-4-2-1-3-14(15)21-16(22)10-23/h1-7,23H,8-10H2,(H,20,24). The van der Waals surface area contributed by atoms with E-state index in [0.29, 0.717) is 16.9 Å². The quantitative estimate of drug-likeness (QED) is 0.753. The van der Waals surface area contributed by atoms with Gasteiger partial charge in [0.25, 0.3) is 0 Å². The van der Waals surface area contributed by atoms with Crippen LogP contribution in [0.25, 0.3) is 11.0 Å². The lowest BCUT2D eigenvalue weighted by atomic mass is 10.2. The van der Waals surface area contributed by atoms with E-state index in [1.807, 2.05) is 12.1 Å². The van der Waals surface area contributed by atoms with Crippen molar-refractivity contribution in [2.45, 2.75) is 19.7 Å². The van der Waals surface area contributed by atoms with Crippen LogP contribution in [0.5, 0.6) is 0 Å². The number of hydrogen-bond donors (Lipinski definition) is 2. The summed E-state index contributed by atoms with van der Waals surface area (Å²) in [4.78, 5) is 16.4. The fourth-order valence-electron chi connectivity index (χ4n) is 2.54. The van der Waals surface area contributed by atoms with E-state index in [2.05, 4.69) is 10.3 Å². The van der Waals surface area contributed by atoms with Gasteiger partial charge in [0.05, 0.1) is 11.0 Å². The van der Waals surface area contributed by atoms with Gasteiger partial charge in [0.2, 0.25) is 5.91 Å². The molecule has 0 fully saturated rings. The van der Waals surface area contributed by atoms with Crippen LogP contribution in [0, 0.1) is 11.6 Å². The number of hydrogen-bond acceptors (Lipinski definition) is 3. The zero-order valence-corrected chi connectivity index (χ0v) is 12.7. The SMILES string of the molecule is O=C(Cn1c(CO)nc2ccccc21)NCc1cc(F)cc(F)c1. The van der Waals surface area contributed by atoms with E-state index in [0.717, 1.165) is 23.7 Å². The topological polar surface area (TPSA) is 67.2 Å². The maximum absolute atomic E-state index is 13.1. The summed E-state index contributed by atoms with van der Waals surface area (Å²) in [6.45, 7) is -0.333. The molecule has 0 bridgehead atoms. The highest BCUT2D eigenvalue weighted by Gasteiger charge is 2.13. The molecule has 0 saturated heterocycles. The molecule has 1 aromatic heterocycles. The number of aliphatic hydroxyl groups excluding tert-OH is 1. The van der Waals surface area contributed by atoms with Crippen molar-refractivity contribution in [2.75, 3.05) is 0 Å². The lowest BCUT2D eigenvalue weighted by Gasteiger charge is -2.09. The molecule has 2 N–H and O–H groups in total. The summed E-state index contributed by atoms with van der Waals surface area (Å²) >= 11 is 0. The van der Waals surface area contributed by atoms with Crippen LogP contribution in [-0.4, -0.2) is 20.6 Å². The number of carbonyl (C=O) groups excluding carboxylic acids is 1. The molecule has 0 aliphatic heterocycles. The van der Waals surface area contributed by atoms with Crippen molar-refractivity contribution >= 4 is 16.9 Å². The van der Waals surface area contributed by atoms with Crippen LogP contribution in [0.2, 0.25) is 0 Å². The average Bonchev–Trinajstić information content (AvgIpc) is 2.90. The maximum Gasteiger partial charge on any atom is 0.240 e. The van der Waals surface area contributed by atoms with Crippen molar-refractivity contribution < 1.29 is 18.7 Å². The largest absolute Gasteiger partial charge is 0.388 e. The first-order chi connectivity index (χ1) is 11.6. The minimum atomic E-state index is -0.692. The van der Waals surface area contributed by atoms with Crippen LogP contribution in [0.4, 0.5) is 8.78 Å². The van der Waals surface area contributed by atoms with Gasteiger partial charge in [-0.1, -0.05) is 12.1 Å². The van der Waals surface area contributed by atoms with Gasteiger partial charge in [0.1, 0.15) is 30.6 Å². The second-order valence-electron chi connectivity index (χ2n) is 5.32. The molecule has 0 spiro atoms. The molecule has 0 aliphatic rings. The van der Waals surface area contributed by atoms with Crippen molar-refractivity contribution in [1.29, 1.82) is 0 Å². The monoisotopic (exact) mass is 331 g/mol. The third-order valence-electron chi connectivity index (χ3n) is 3.59. The van der Waals surface area contributed by atoms with Crippen molar-refractivity contribution in [3.05, 3.63) is 65.5 Å². The van der Waals surface area contributed by atoms with E-state index in [9.17, 15) is 18.7 Å². The predicted molar refractivity (Wildman–Crippen MR) is 83.9 cm³/mol. The van der Waals surface area contributed by atoms with E-state index >= 15 is 0 Å². The van der Waals surface area contributed by atoms with E-state index in [1.165, 1.54) is 0 Å². The number of fused-ring (bicyclic) bond motifs is 1. The van der Waals surface area contributed by atoms with E-state index in [-0.39, 0.29) is 25.6 Å². The number of imidazole rings is 1. The van der Waals surface area contributed by atoms with Crippen LogP contribution in [0.15, 0.2) is 42.5 Å². The summed E-state index contributed by atoms with van der Waals surface area (Å²) in [6, 6.07) is 10.3. The summed E-state index contributed by atoms with van der Waals surface area (Å²) in [5.41, 5.74) is 1.74. The number of nitrogens with zero attached hydrogens (tertiary/aromatic N) is 2. The Kier molecular flexibility index (Phi) is 4.52. The Hall–Kier alpha value is -2.80. The Balaban J connectivity index is 1.73. The van der Waals surface area contributed by atoms with E-state index in [1.54, 1.807) is 16.7 Å². The number of nitrogens with one attached hydrogen (secondary N) is 1. The number of carbonyl (C=O) groups is 1. The Labute approximate surface area is 136 Å². The van der Waals surface area contributed by atoms with Gasteiger partial charge in [-0.15, -0.1) is 0 Å². The van der Waals surface area contributed by atoms with Crippen LogP contribution in [0.3, 0.4) is 0 Å². The minimum absolute atomic E-state index is 0.00853. The van der Waals surface area contributed by atoms with Gasteiger partial charge in [-0.3, -0.25) is 4.79 Å². The number of halogens is 2. The fourth-order valence-corrected chi connectivity index (χ4v) is 2.54. The van der Waals surface area contributed by atoms with Gasteiger partial charge in [-0.2, -0.15) is 0 Å². The summed E-state index contributed by atoms with van der Waals surface area (Å²) in [5.74, 6) is -1.36. The van der Waals surface area contributed by atoms with Crippen molar-refractivity contribution in [2.24, 2.45) is 0 Å². The lowest BCUT2D eigenvalue weighted by Crippen LogP contribution is -2.27. The Morgan fingerprint density at radius 1 is 1.17 bits per heavy atom. The molecule has 0 unspecified atom stereocenters. The number of benzene rings is 2. The second-order valence-corrected chi connectivity index (χ2v) is 5.32. The van der Waals surface area contributed by atoms with Crippen LogP contribution in [-0.2, 0) is 24.5 Å². The third kappa shape index (κ3) is 3.41. The summed E-state index contributed by atoms with van der Waals surface area (Å²) in [7, 11) is 0. The van der Waals surface area contributed by atoms with Crippen molar-refractivity contribution in [3.8, 4) is 0 Å². The average molecular weight is 331 g/mol. The van der Waals surface area contributed by atoms with Crippen molar-refractivity contribution in [3.63, 3.8) is 0 Å². The molecular formula is C17H15F2N3O2. The molecule has 1 amide bonds. The third-order valence-corrected chi connectivity index (χ3v) is 3.59. The number of aromatic nitrogens is 2. The zero-order valence-electron chi connectivity index (χ0n) is 12.7. The summed E-state index contributed by atoms with van der Waals surface area (Å²) in [5, 5.41) is 12.0.